The van der Waals surface area contributed by atoms with Gasteiger partial charge in [0.2, 0.25) is 0 Å². The molecule has 1 aromatic rings. The molecule has 0 saturated carbocycles. The average molecular weight is 200 g/mol. The number of hydrogen-bond donors (Lipinski definition) is 1. The van der Waals surface area contributed by atoms with Crippen molar-refractivity contribution in [1.82, 2.24) is 0 Å². The van der Waals surface area contributed by atoms with Crippen molar-refractivity contribution in [2.75, 3.05) is 6.61 Å². The van der Waals surface area contributed by atoms with Crippen molar-refractivity contribution in [2.24, 2.45) is 0 Å². The van der Waals surface area contributed by atoms with Crippen molar-refractivity contribution in [3.8, 4) is 5.75 Å². The summed E-state index contributed by atoms with van der Waals surface area (Å²) in [4.78, 5) is 0. The van der Waals surface area contributed by atoms with E-state index >= 15 is 0 Å². The number of thiol groups is 1. The molecule has 0 saturated heterocycles. The Morgan fingerprint density at radius 2 is 2.08 bits per heavy atom. The Morgan fingerprint density at radius 1 is 1.42 bits per heavy atom. The van der Waals surface area contributed by atoms with Crippen LogP contribution in [0.1, 0.15) is 6.92 Å². The summed E-state index contributed by atoms with van der Waals surface area (Å²) in [6, 6.07) is 9.80. The van der Waals surface area contributed by atoms with Crippen LogP contribution in [0.5, 0.6) is 5.75 Å². The molecule has 0 aliphatic heterocycles. The Bertz CT molecular complexity index is 236. The van der Waals surface area contributed by atoms with Gasteiger partial charge in [0.15, 0.2) is 0 Å². The monoisotopic (exact) mass is 200 g/mol. The fourth-order valence-electron chi connectivity index (χ4n) is 0.764. The maximum absolute atomic E-state index is 5.49. The number of rotatable bonds is 4. The Hall–Kier alpha value is -0.410. The second-order valence-corrected chi connectivity index (χ2v) is 4.30. The van der Waals surface area contributed by atoms with Crippen LogP contribution < -0.4 is 4.74 Å². The van der Waals surface area contributed by atoms with E-state index < -0.39 is 0 Å². The molecule has 66 valence electrons. The molecule has 0 aliphatic carbocycles. The molecule has 0 aromatic heterocycles. The summed E-state index contributed by atoms with van der Waals surface area (Å²) in [5, 5.41) is 0.431. The lowest BCUT2D eigenvalue weighted by Crippen LogP contribution is -2.12. The van der Waals surface area contributed by atoms with Crippen molar-refractivity contribution >= 4 is 21.5 Å². The van der Waals surface area contributed by atoms with E-state index in [-0.39, 0.29) is 0 Å². The van der Waals surface area contributed by atoms with Crippen molar-refractivity contribution in [1.29, 1.82) is 0 Å². The third-order valence-electron chi connectivity index (χ3n) is 1.41. The van der Waals surface area contributed by atoms with Crippen LogP contribution in [0.25, 0.3) is 0 Å². The highest BCUT2D eigenvalue weighted by molar-refractivity contribution is 8.18. The third kappa shape index (κ3) is 3.32. The molecule has 0 heterocycles. The lowest BCUT2D eigenvalue weighted by atomic mass is 10.3. The smallest absolute Gasteiger partial charge is 0.119 e. The van der Waals surface area contributed by atoms with Crippen molar-refractivity contribution in [3.63, 3.8) is 0 Å². The van der Waals surface area contributed by atoms with Gasteiger partial charge in [0, 0.05) is 5.25 Å². The van der Waals surface area contributed by atoms with Crippen LogP contribution in [0.15, 0.2) is 30.3 Å². The molecule has 0 radical (unpaired) electrons. The molecular weight excluding hydrogens is 188 g/mol. The van der Waals surface area contributed by atoms with E-state index in [4.69, 9.17) is 15.9 Å². The van der Waals surface area contributed by atoms with Crippen molar-refractivity contribution in [3.05, 3.63) is 30.3 Å². The minimum absolute atomic E-state index is 0.431. The van der Waals surface area contributed by atoms with Gasteiger partial charge in [0.05, 0.1) is 6.61 Å². The molecule has 0 N–H and O–H groups in total. The van der Waals surface area contributed by atoms with Crippen LogP contribution in [-0.2, 0) is 21.5 Å². The summed E-state index contributed by atoms with van der Waals surface area (Å²) >= 11 is 4.88. The van der Waals surface area contributed by atoms with Gasteiger partial charge in [-0.2, -0.15) is 0 Å². The maximum Gasteiger partial charge on any atom is 0.119 e. The second kappa shape index (κ2) is 5.27. The largest absolute Gasteiger partial charge is 0.492 e. The molecule has 0 fully saturated rings. The van der Waals surface area contributed by atoms with E-state index in [2.05, 4.69) is 6.92 Å². The number of hydrogen-bond acceptors (Lipinski definition) is 2. The zero-order chi connectivity index (χ0) is 8.81. The fraction of sp³-hybridized carbons (Fsp3) is 0.333. The van der Waals surface area contributed by atoms with Crippen LogP contribution in [0.2, 0.25) is 0 Å². The van der Waals surface area contributed by atoms with Gasteiger partial charge in [-0.15, -0.1) is 10.3 Å². The summed E-state index contributed by atoms with van der Waals surface area (Å²) in [6.07, 6.45) is 0. The number of para-hydroxylation sites is 1. The topological polar surface area (TPSA) is 9.23 Å². The van der Waals surface area contributed by atoms with E-state index in [0.717, 1.165) is 16.1 Å². The minimum atomic E-state index is 0.431. The van der Waals surface area contributed by atoms with Crippen molar-refractivity contribution < 1.29 is 4.74 Å². The Labute approximate surface area is 81.4 Å². The molecule has 0 amide bonds. The van der Waals surface area contributed by atoms with Crippen molar-refractivity contribution in [2.45, 2.75) is 12.2 Å². The lowest BCUT2D eigenvalue weighted by molar-refractivity contribution is 0.322. The van der Waals surface area contributed by atoms with Gasteiger partial charge in [-0.3, -0.25) is 0 Å². The van der Waals surface area contributed by atoms with Gasteiger partial charge in [-0.1, -0.05) is 29.4 Å². The number of ether oxygens (including phenoxy) is 1. The first-order chi connectivity index (χ1) is 5.83. The molecular formula is C9H12OS2. The second-order valence-electron chi connectivity index (χ2n) is 2.58. The zero-order valence-electron chi connectivity index (χ0n) is 6.93. The highest BCUT2D eigenvalue weighted by Gasteiger charge is 1.96. The van der Waals surface area contributed by atoms with Gasteiger partial charge in [0.1, 0.15) is 5.75 Å². The lowest BCUT2D eigenvalue weighted by Gasteiger charge is -2.07. The molecule has 0 aliphatic rings. The highest BCUT2D eigenvalue weighted by atomic mass is 32.8. The standard InChI is InChI=1S/C9H12OS2/c1-8(12-11)7-10-9-5-3-2-4-6-9/h2-6,8,12H,7H2,1H3. The predicted molar refractivity (Wildman–Crippen MR) is 57.5 cm³/mol. The van der Waals surface area contributed by atoms with Gasteiger partial charge < -0.3 is 4.74 Å². The first-order valence-electron chi connectivity index (χ1n) is 3.83. The van der Waals surface area contributed by atoms with Gasteiger partial charge in [-0.25, -0.2) is 0 Å². The van der Waals surface area contributed by atoms with Crippen LogP contribution in [0.3, 0.4) is 0 Å². The minimum Gasteiger partial charge on any atom is -0.492 e. The van der Waals surface area contributed by atoms with E-state index in [9.17, 15) is 0 Å². The predicted octanol–water partition coefficient (Wildman–Crippen LogP) is 1.73. The van der Waals surface area contributed by atoms with E-state index in [1.165, 1.54) is 0 Å². The summed E-state index contributed by atoms with van der Waals surface area (Å²) in [5.41, 5.74) is 0. The molecule has 12 heavy (non-hydrogen) atoms. The quantitative estimate of drug-likeness (QED) is 0.741. The summed E-state index contributed by atoms with van der Waals surface area (Å²) in [6.45, 7) is 2.78. The molecule has 0 spiro atoms. The van der Waals surface area contributed by atoms with E-state index in [1.807, 2.05) is 30.3 Å². The van der Waals surface area contributed by atoms with E-state index in [0.29, 0.717) is 11.9 Å². The highest BCUT2D eigenvalue weighted by Crippen LogP contribution is 2.08. The van der Waals surface area contributed by atoms with Crippen LogP contribution in [-0.4, -0.2) is 11.9 Å². The first-order valence-corrected chi connectivity index (χ1v) is 5.81. The summed E-state index contributed by atoms with van der Waals surface area (Å²) in [7, 11) is 0.972. The van der Waals surface area contributed by atoms with Crippen LogP contribution >= 0.6 is 0 Å². The van der Waals surface area contributed by atoms with Gasteiger partial charge in [0.25, 0.3) is 0 Å². The Balaban J connectivity index is 2.38. The maximum atomic E-state index is 5.49. The summed E-state index contributed by atoms with van der Waals surface area (Å²) < 4.78 is 5.49. The summed E-state index contributed by atoms with van der Waals surface area (Å²) in [5.74, 6) is 0.919. The average Bonchev–Trinajstić information content (AvgIpc) is 2.16. The van der Waals surface area contributed by atoms with Crippen LogP contribution in [0.4, 0.5) is 0 Å². The molecule has 3 heteroatoms. The molecule has 1 atom stereocenters. The van der Waals surface area contributed by atoms with Crippen LogP contribution in [0, 0.1) is 0 Å². The SMILES string of the molecule is CC(COc1ccccc1)[SH]=S. The fourth-order valence-corrected chi connectivity index (χ4v) is 1.08. The normalized spacial score (nSPS) is 12.4. The van der Waals surface area contributed by atoms with Gasteiger partial charge in [-0.05, 0) is 19.1 Å². The number of benzene rings is 1. The molecule has 1 nitrogen and oxygen atoms in total. The van der Waals surface area contributed by atoms with Gasteiger partial charge >= 0.3 is 0 Å². The first kappa shape index (κ1) is 9.68. The molecule has 1 rings (SSSR count). The molecule has 1 unspecified atom stereocenters. The third-order valence-corrected chi connectivity index (χ3v) is 3.00. The Morgan fingerprint density at radius 3 is 2.67 bits per heavy atom. The van der Waals surface area contributed by atoms with E-state index in [1.54, 1.807) is 0 Å². The zero-order valence-corrected chi connectivity index (χ0v) is 8.65. The molecule has 0 bridgehead atoms. The molecule has 1 aromatic carbocycles. The Kier molecular flexibility index (Phi) is 4.25.